The molecule has 1 aliphatic heterocycles. The Morgan fingerprint density at radius 1 is 1.24 bits per heavy atom. The van der Waals surface area contributed by atoms with Gasteiger partial charge in [-0.2, -0.15) is 5.10 Å². The maximum absolute atomic E-state index is 5.55. The molecule has 0 amide bonds. The quantitative estimate of drug-likeness (QED) is 0.880. The summed E-state index contributed by atoms with van der Waals surface area (Å²) in [6, 6.07) is 5.85. The molecule has 0 saturated carbocycles. The van der Waals surface area contributed by atoms with Crippen LogP contribution in [0.2, 0.25) is 0 Å². The monoisotopic (exact) mass is 294 g/mol. The van der Waals surface area contributed by atoms with Crippen molar-refractivity contribution in [3.05, 3.63) is 28.4 Å². The van der Waals surface area contributed by atoms with Crippen molar-refractivity contribution in [3.8, 4) is 22.8 Å². The van der Waals surface area contributed by atoms with Crippen LogP contribution >= 0.6 is 15.9 Å². The van der Waals surface area contributed by atoms with Gasteiger partial charge in [0.2, 0.25) is 0 Å². The molecule has 0 spiro atoms. The Kier molecular flexibility index (Phi) is 2.55. The van der Waals surface area contributed by atoms with Gasteiger partial charge in [-0.15, -0.1) is 0 Å². The smallest absolute Gasteiger partial charge is 0.162 e. The SMILES string of the molecule is Cc1[nH]nc(-c2ccc3c(c2)OCCO3)c1Br. The molecule has 1 N–H and O–H groups in total. The van der Waals surface area contributed by atoms with Crippen molar-refractivity contribution in [2.75, 3.05) is 13.2 Å². The molecular weight excluding hydrogens is 284 g/mol. The highest BCUT2D eigenvalue weighted by atomic mass is 79.9. The number of nitrogens with one attached hydrogen (secondary N) is 1. The molecule has 3 rings (SSSR count). The van der Waals surface area contributed by atoms with Gasteiger partial charge in [0.15, 0.2) is 11.5 Å². The standard InChI is InChI=1S/C12H11BrN2O2/c1-7-11(13)12(15-14-7)8-2-3-9-10(6-8)17-5-4-16-9/h2-3,6H,4-5H2,1H3,(H,14,15). The van der Waals surface area contributed by atoms with Crippen molar-refractivity contribution in [2.24, 2.45) is 0 Å². The summed E-state index contributed by atoms with van der Waals surface area (Å²) >= 11 is 3.52. The minimum atomic E-state index is 0.594. The highest BCUT2D eigenvalue weighted by Crippen LogP contribution is 2.36. The van der Waals surface area contributed by atoms with Crippen LogP contribution in [0.15, 0.2) is 22.7 Å². The number of rotatable bonds is 1. The molecular formula is C12H11BrN2O2. The second-order valence-electron chi connectivity index (χ2n) is 3.87. The van der Waals surface area contributed by atoms with Crippen LogP contribution in [0.1, 0.15) is 5.69 Å². The fourth-order valence-electron chi connectivity index (χ4n) is 1.80. The molecule has 1 aliphatic rings. The molecule has 88 valence electrons. The summed E-state index contributed by atoms with van der Waals surface area (Å²) in [5, 5.41) is 7.21. The molecule has 17 heavy (non-hydrogen) atoms. The lowest BCUT2D eigenvalue weighted by atomic mass is 10.1. The number of halogens is 1. The van der Waals surface area contributed by atoms with Crippen LogP contribution in [-0.2, 0) is 0 Å². The van der Waals surface area contributed by atoms with Gasteiger partial charge >= 0.3 is 0 Å². The van der Waals surface area contributed by atoms with Gasteiger partial charge in [-0.25, -0.2) is 0 Å². The van der Waals surface area contributed by atoms with Gasteiger partial charge in [0.05, 0.1) is 4.47 Å². The maximum Gasteiger partial charge on any atom is 0.162 e. The lowest BCUT2D eigenvalue weighted by molar-refractivity contribution is 0.171. The molecule has 0 saturated heterocycles. The number of aryl methyl sites for hydroxylation is 1. The van der Waals surface area contributed by atoms with E-state index in [-0.39, 0.29) is 0 Å². The highest BCUT2D eigenvalue weighted by molar-refractivity contribution is 9.10. The zero-order chi connectivity index (χ0) is 11.8. The molecule has 2 aromatic rings. The predicted octanol–water partition coefficient (Wildman–Crippen LogP) is 2.92. The fraction of sp³-hybridized carbons (Fsp3) is 0.250. The van der Waals surface area contributed by atoms with E-state index in [1.807, 2.05) is 25.1 Å². The van der Waals surface area contributed by atoms with Gasteiger partial charge in [-0.05, 0) is 41.1 Å². The first-order valence-corrected chi connectivity index (χ1v) is 6.15. The number of hydrogen-bond acceptors (Lipinski definition) is 3. The largest absolute Gasteiger partial charge is 0.486 e. The number of H-pyrrole nitrogens is 1. The molecule has 0 unspecified atom stereocenters. The number of benzene rings is 1. The zero-order valence-electron chi connectivity index (χ0n) is 9.29. The molecule has 0 radical (unpaired) electrons. The summed E-state index contributed by atoms with van der Waals surface area (Å²) in [4.78, 5) is 0. The Morgan fingerprint density at radius 3 is 2.71 bits per heavy atom. The molecule has 0 fully saturated rings. The van der Waals surface area contributed by atoms with E-state index in [0.29, 0.717) is 13.2 Å². The van der Waals surface area contributed by atoms with Crippen LogP contribution in [0.5, 0.6) is 11.5 Å². The van der Waals surface area contributed by atoms with Crippen molar-refractivity contribution < 1.29 is 9.47 Å². The highest BCUT2D eigenvalue weighted by Gasteiger charge is 2.15. The van der Waals surface area contributed by atoms with Crippen molar-refractivity contribution in [3.63, 3.8) is 0 Å². The Bertz CT molecular complexity index is 566. The molecule has 4 nitrogen and oxygen atoms in total. The zero-order valence-corrected chi connectivity index (χ0v) is 10.9. The van der Waals surface area contributed by atoms with Crippen molar-refractivity contribution >= 4 is 15.9 Å². The topological polar surface area (TPSA) is 47.1 Å². The first-order valence-electron chi connectivity index (χ1n) is 5.36. The number of hydrogen-bond donors (Lipinski definition) is 1. The predicted molar refractivity (Wildman–Crippen MR) is 67.5 cm³/mol. The van der Waals surface area contributed by atoms with E-state index >= 15 is 0 Å². The van der Waals surface area contributed by atoms with Crippen LogP contribution in [0, 0.1) is 6.92 Å². The minimum Gasteiger partial charge on any atom is -0.486 e. The minimum absolute atomic E-state index is 0.594. The van der Waals surface area contributed by atoms with Gasteiger partial charge in [-0.3, -0.25) is 5.10 Å². The summed E-state index contributed by atoms with van der Waals surface area (Å²) in [6.07, 6.45) is 0. The molecule has 0 atom stereocenters. The van der Waals surface area contributed by atoms with E-state index in [2.05, 4.69) is 26.1 Å². The Morgan fingerprint density at radius 2 is 2.00 bits per heavy atom. The number of fused-ring (bicyclic) bond motifs is 1. The third kappa shape index (κ3) is 1.80. The third-order valence-electron chi connectivity index (χ3n) is 2.69. The van der Waals surface area contributed by atoms with Gasteiger partial charge < -0.3 is 9.47 Å². The van der Waals surface area contributed by atoms with E-state index in [1.165, 1.54) is 0 Å². The summed E-state index contributed by atoms with van der Waals surface area (Å²) < 4.78 is 12.0. The van der Waals surface area contributed by atoms with Crippen LogP contribution in [0.4, 0.5) is 0 Å². The van der Waals surface area contributed by atoms with Crippen LogP contribution < -0.4 is 9.47 Å². The Labute approximate surface area is 107 Å². The third-order valence-corrected chi connectivity index (χ3v) is 3.66. The second-order valence-corrected chi connectivity index (χ2v) is 4.66. The average molecular weight is 295 g/mol. The van der Waals surface area contributed by atoms with Crippen molar-refractivity contribution in [1.29, 1.82) is 0 Å². The van der Waals surface area contributed by atoms with Gasteiger partial charge in [0.25, 0.3) is 0 Å². The van der Waals surface area contributed by atoms with E-state index in [9.17, 15) is 0 Å². The van der Waals surface area contributed by atoms with Gasteiger partial charge in [-0.1, -0.05) is 0 Å². The first-order chi connectivity index (χ1) is 8.25. The lowest BCUT2D eigenvalue weighted by Gasteiger charge is -2.18. The summed E-state index contributed by atoms with van der Waals surface area (Å²) in [5.74, 6) is 1.57. The number of aromatic amines is 1. The van der Waals surface area contributed by atoms with Crippen molar-refractivity contribution in [1.82, 2.24) is 10.2 Å². The summed E-state index contributed by atoms with van der Waals surface area (Å²) in [6.45, 7) is 3.17. The summed E-state index contributed by atoms with van der Waals surface area (Å²) in [7, 11) is 0. The normalized spacial score (nSPS) is 13.8. The van der Waals surface area contributed by atoms with Crippen molar-refractivity contribution in [2.45, 2.75) is 6.92 Å². The molecule has 0 bridgehead atoms. The lowest BCUT2D eigenvalue weighted by Crippen LogP contribution is -2.15. The Hall–Kier alpha value is -1.49. The van der Waals surface area contributed by atoms with E-state index < -0.39 is 0 Å². The second kappa shape index (κ2) is 4.07. The van der Waals surface area contributed by atoms with E-state index in [0.717, 1.165) is 32.9 Å². The van der Waals surface area contributed by atoms with E-state index in [4.69, 9.17) is 9.47 Å². The van der Waals surface area contributed by atoms with Crippen LogP contribution in [0.3, 0.4) is 0 Å². The fourth-order valence-corrected chi connectivity index (χ4v) is 2.20. The molecule has 1 aromatic heterocycles. The number of aromatic nitrogens is 2. The number of nitrogens with zero attached hydrogens (tertiary/aromatic N) is 1. The molecule has 2 heterocycles. The first kappa shape index (κ1) is 10.7. The van der Waals surface area contributed by atoms with Gasteiger partial charge in [0, 0.05) is 11.3 Å². The average Bonchev–Trinajstić information content (AvgIpc) is 2.70. The van der Waals surface area contributed by atoms with E-state index in [1.54, 1.807) is 0 Å². The Balaban J connectivity index is 2.07. The molecule has 5 heteroatoms. The number of ether oxygens (including phenoxy) is 2. The molecule has 0 aliphatic carbocycles. The maximum atomic E-state index is 5.55. The molecule has 1 aromatic carbocycles. The van der Waals surface area contributed by atoms with Crippen LogP contribution in [0.25, 0.3) is 11.3 Å². The van der Waals surface area contributed by atoms with Crippen LogP contribution in [-0.4, -0.2) is 23.4 Å². The summed E-state index contributed by atoms with van der Waals surface area (Å²) in [5.41, 5.74) is 2.90. The van der Waals surface area contributed by atoms with Gasteiger partial charge in [0.1, 0.15) is 18.9 Å².